The lowest BCUT2D eigenvalue weighted by molar-refractivity contribution is -0.139. The lowest BCUT2D eigenvalue weighted by atomic mass is 9.44. The summed E-state index contributed by atoms with van der Waals surface area (Å²) < 4.78 is 22.4. The zero-order valence-electron chi connectivity index (χ0n) is 29.4. The molecule has 0 bridgehead atoms. The third-order valence-electron chi connectivity index (χ3n) is 13.5. The van der Waals surface area contributed by atoms with Crippen molar-refractivity contribution in [3.63, 3.8) is 0 Å². The van der Waals surface area contributed by atoms with Crippen molar-refractivity contribution in [1.29, 1.82) is 0 Å². The normalized spacial score (nSPS) is 42.8. The van der Waals surface area contributed by atoms with E-state index in [1.54, 1.807) is 0 Å². The highest BCUT2D eigenvalue weighted by atomic mass is 35.5. The minimum Gasteiger partial charge on any atom is -0.379 e. The van der Waals surface area contributed by atoms with Crippen LogP contribution in [0.1, 0.15) is 156 Å². The largest absolute Gasteiger partial charge is 0.379 e. The molecule has 8 heteroatoms. The van der Waals surface area contributed by atoms with Crippen LogP contribution in [0.2, 0.25) is 0 Å². The number of ether oxygens (including phenoxy) is 4. The van der Waals surface area contributed by atoms with Crippen molar-refractivity contribution in [1.82, 2.24) is 0 Å². The first kappa shape index (κ1) is 38.2. The molecule has 0 amide bonds. The van der Waals surface area contributed by atoms with Crippen molar-refractivity contribution < 1.29 is 18.9 Å². The van der Waals surface area contributed by atoms with E-state index in [2.05, 4.69) is 27.7 Å². The minimum atomic E-state index is -0.550. The molecule has 4 spiro atoms. The Kier molecular flexibility index (Phi) is 13.1. The van der Waals surface area contributed by atoms with Crippen molar-refractivity contribution in [2.75, 3.05) is 26.4 Å². The lowest BCUT2D eigenvalue weighted by Crippen LogP contribution is -2.67. The van der Waals surface area contributed by atoms with Gasteiger partial charge in [-0.1, -0.05) is 13.8 Å². The van der Waals surface area contributed by atoms with E-state index in [0.717, 1.165) is 142 Å². The molecule has 4 nitrogen and oxygen atoms in total. The third kappa shape index (κ3) is 7.07. The fourth-order valence-electron chi connectivity index (χ4n) is 10.9. The SMILES string of the molecule is CCCOC1CCC2(CC1)CC1(CCC(OCCC)CC1)C2(Cl)Cl.CCOC1CCC2(CC1)CC1(CCC(OCC)CC1)C2(Cl)Cl. The van der Waals surface area contributed by atoms with Crippen LogP contribution in [0, 0.1) is 21.7 Å². The predicted octanol–water partition coefficient (Wildman–Crippen LogP) is 11.8. The van der Waals surface area contributed by atoms with Gasteiger partial charge in [-0.15, -0.1) is 46.4 Å². The first-order chi connectivity index (χ1) is 22.0. The summed E-state index contributed by atoms with van der Waals surface area (Å²) >= 11 is 28.1. The number of alkyl halides is 4. The molecule has 0 heterocycles. The fourth-order valence-corrected chi connectivity index (χ4v) is 12.9. The Labute approximate surface area is 301 Å². The highest BCUT2D eigenvalue weighted by Crippen LogP contribution is 2.77. The van der Waals surface area contributed by atoms with E-state index in [4.69, 9.17) is 65.4 Å². The number of hydrogen-bond donors (Lipinski definition) is 0. The summed E-state index contributed by atoms with van der Waals surface area (Å²) in [7, 11) is 0. The molecule has 6 saturated carbocycles. The number of halogens is 4. The van der Waals surface area contributed by atoms with Gasteiger partial charge < -0.3 is 18.9 Å². The molecule has 6 rings (SSSR count). The molecular weight excluding hydrogens is 662 g/mol. The second kappa shape index (κ2) is 15.7. The summed E-state index contributed by atoms with van der Waals surface area (Å²) in [6, 6.07) is 0. The average Bonchev–Trinajstić information content (AvgIpc) is 3.06. The zero-order chi connectivity index (χ0) is 33.1. The van der Waals surface area contributed by atoms with E-state index in [0.29, 0.717) is 24.4 Å². The standard InChI is InChI=1S/C20H34Cl2O2.C18H30Cl2O2/c1-3-13-23-16-5-9-18(10-6-16)15-19(20(18,21)22)11-7-17(8-12-19)24-14-4-2;1-3-21-14-5-9-16(10-6-14)13-17(18(16,19)20)11-7-15(8-12-17)22-4-2/h16-17H,3-15H2,1-2H3;14-15H,3-13H2,1-2H3. The van der Waals surface area contributed by atoms with E-state index in [1.807, 2.05) is 0 Å². The quantitative estimate of drug-likeness (QED) is 0.210. The predicted molar refractivity (Wildman–Crippen MR) is 193 cm³/mol. The monoisotopic (exact) mass is 724 g/mol. The number of hydrogen-bond acceptors (Lipinski definition) is 4. The maximum absolute atomic E-state index is 7.06. The highest BCUT2D eigenvalue weighted by Gasteiger charge is 2.73. The summed E-state index contributed by atoms with van der Waals surface area (Å²) in [5.74, 6) is 0. The molecule has 6 aliphatic carbocycles. The van der Waals surface area contributed by atoms with Crippen LogP contribution in [0.3, 0.4) is 0 Å². The van der Waals surface area contributed by atoms with Gasteiger partial charge >= 0.3 is 0 Å². The first-order valence-electron chi connectivity index (χ1n) is 19.2. The topological polar surface area (TPSA) is 36.9 Å². The van der Waals surface area contributed by atoms with Gasteiger partial charge in [0.1, 0.15) is 8.67 Å². The third-order valence-corrected chi connectivity index (χ3v) is 16.7. The summed E-state index contributed by atoms with van der Waals surface area (Å²) in [4.78, 5) is 0. The van der Waals surface area contributed by atoms with Crippen LogP contribution >= 0.6 is 46.4 Å². The second-order valence-corrected chi connectivity index (χ2v) is 18.7. The molecule has 0 aromatic rings. The van der Waals surface area contributed by atoms with Crippen molar-refractivity contribution >= 4 is 46.4 Å². The van der Waals surface area contributed by atoms with Gasteiger partial charge in [0.05, 0.1) is 24.4 Å². The van der Waals surface area contributed by atoms with Crippen LogP contribution in [0.15, 0.2) is 0 Å². The van der Waals surface area contributed by atoms with Gasteiger partial charge in [0.2, 0.25) is 0 Å². The molecule has 0 unspecified atom stereocenters. The Balaban J connectivity index is 0.000000182. The molecule has 0 saturated heterocycles. The fraction of sp³-hybridized carbons (Fsp3) is 1.00. The Morgan fingerprint density at radius 1 is 0.413 bits per heavy atom. The van der Waals surface area contributed by atoms with Crippen LogP contribution in [0.4, 0.5) is 0 Å². The van der Waals surface area contributed by atoms with Crippen LogP contribution in [0.25, 0.3) is 0 Å². The smallest absolute Gasteiger partial charge is 0.129 e. The molecule has 6 aliphatic rings. The molecule has 0 atom stereocenters. The molecule has 0 aromatic heterocycles. The Bertz CT molecular complexity index is 870. The van der Waals surface area contributed by atoms with Gasteiger partial charge in [0, 0.05) is 48.1 Å². The number of rotatable bonds is 10. The maximum atomic E-state index is 7.06. The van der Waals surface area contributed by atoms with Crippen LogP contribution in [-0.4, -0.2) is 59.5 Å². The Morgan fingerprint density at radius 3 is 0.848 bits per heavy atom. The summed E-state index contributed by atoms with van der Waals surface area (Å²) in [6.07, 6.45) is 24.3. The van der Waals surface area contributed by atoms with Gasteiger partial charge in [-0.3, -0.25) is 0 Å². The van der Waals surface area contributed by atoms with E-state index in [-0.39, 0.29) is 21.7 Å². The summed E-state index contributed by atoms with van der Waals surface area (Å²) in [6.45, 7) is 11.9. The first-order valence-corrected chi connectivity index (χ1v) is 20.7. The molecule has 0 radical (unpaired) electrons. The molecule has 0 aliphatic heterocycles. The average molecular weight is 727 g/mol. The van der Waals surface area contributed by atoms with Gasteiger partial charge in [0.15, 0.2) is 0 Å². The minimum absolute atomic E-state index is 0.138. The van der Waals surface area contributed by atoms with E-state index in [1.165, 1.54) is 12.8 Å². The van der Waals surface area contributed by atoms with Crippen LogP contribution in [0.5, 0.6) is 0 Å². The van der Waals surface area contributed by atoms with E-state index < -0.39 is 8.67 Å². The molecule has 0 aromatic carbocycles. The molecule has 46 heavy (non-hydrogen) atoms. The maximum Gasteiger partial charge on any atom is 0.129 e. The lowest BCUT2D eigenvalue weighted by Gasteiger charge is -2.69. The molecular formula is C38H64Cl4O4. The second-order valence-electron chi connectivity index (χ2n) is 16.1. The van der Waals surface area contributed by atoms with Crippen molar-refractivity contribution in [2.24, 2.45) is 21.7 Å². The Hall–Kier alpha value is 1.00. The van der Waals surface area contributed by atoms with E-state index in [9.17, 15) is 0 Å². The van der Waals surface area contributed by atoms with E-state index >= 15 is 0 Å². The Morgan fingerprint density at radius 2 is 0.652 bits per heavy atom. The summed E-state index contributed by atoms with van der Waals surface area (Å²) in [5, 5.41) is 0. The van der Waals surface area contributed by atoms with Crippen molar-refractivity contribution in [2.45, 2.75) is 189 Å². The van der Waals surface area contributed by atoms with Gasteiger partial charge in [-0.05, 0) is 142 Å². The van der Waals surface area contributed by atoms with Crippen molar-refractivity contribution in [3.8, 4) is 0 Å². The van der Waals surface area contributed by atoms with Gasteiger partial charge in [0.25, 0.3) is 0 Å². The van der Waals surface area contributed by atoms with Crippen LogP contribution < -0.4 is 0 Å². The molecule has 0 N–H and O–H groups in total. The van der Waals surface area contributed by atoms with Crippen LogP contribution in [-0.2, 0) is 18.9 Å². The molecule has 6 fully saturated rings. The summed E-state index contributed by atoms with van der Waals surface area (Å²) in [5.41, 5.74) is 0.558. The zero-order valence-corrected chi connectivity index (χ0v) is 32.4. The van der Waals surface area contributed by atoms with Gasteiger partial charge in [-0.2, -0.15) is 0 Å². The molecule has 268 valence electrons. The highest BCUT2D eigenvalue weighted by molar-refractivity contribution is 6.50. The van der Waals surface area contributed by atoms with Gasteiger partial charge in [-0.25, -0.2) is 0 Å². The van der Waals surface area contributed by atoms with Crippen molar-refractivity contribution in [3.05, 3.63) is 0 Å².